The molecule has 84 valence electrons. The zero-order chi connectivity index (χ0) is 12.1. The van der Waals surface area contributed by atoms with Crippen molar-refractivity contribution in [3.05, 3.63) is 28.8 Å². The summed E-state index contributed by atoms with van der Waals surface area (Å²) in [6.07, 6.45) is 0.0221. The van der Waals surface area contributed by atoms with Gasteiger partial charge >= 0.3 is 0 Å². The van der Waals surface area contributed by atoms with Crippen molar-refractivity contribution >= 4 is 34.7 Å². The molecule has 0 bridgehead atoms. The molecule has 0 aliphatic heterocycles. The first-order valence-electron chi connectivity index (χ1n) is 4.70. The number of nitrogens with zero attached hydrogens (tertiary/aromatic N) is 1. The molecule has 0 amide bonds. The van der Waals surface area contributed by atoms with E-state index in [0.29, 0.717) is 16.3 Å². The molecule has 0 aliphatic carbocycles. The summed E-state index contributed by atoms with van der Waals surface area (Å²) >= 11 is 10.8. The monoisotopic (exact) mass is 254 g/mol. The average Bonchev–Trinajstić information content (AvgIpc) is 2.16. The zero-order valence-electron chi connectivity index (χ0n) is 8.95. The van der Waals surface area contributed by atoms with E-state index >= 15 is 0 Å². The molecule has 0 radical (unpaired) electrons. The van der Waals surface area contributed by atoms with Crippen molar-refractivity contribution in [1.29, 1.82) is 5.26 Å². The van der Waals surface area contributed by atoms with Crippen LogP contribution >= 0.6 is 23.8 Å². The molecule has 0 aliphatic rings. The Hall–Kier alpha value is -1.31. The van der Waals surface area contributed by atoms with Gasteiger partial charge in [0.15, 0.2) is 0 Å². The van der Waals surface area contributed by atoms with Crippen molar-refractivity contribution in [1.82, 2.24) is 0 Å². The molecule has 0 fully saturated rings. The van der Waals surface area contributed by atoms with Gasteiger partial charge in [0.25, 0.3) is 5.17 Å². The number of thiocarbonyl (C=S) groups is 1. The highest BCUT2D eigenvalue weighted by Gasteiger charge is 2.04. The summed E-state index contributed by atoms with van der Waals surface area (Å²) in [5.74, 6) is 0. The summed E-state index contributed by atoms with van der Waals surface area (Å²) in [5, 5.41) is 12.3. The highest BCUT2D eigenvalue weighted by atomic mass is 35.5. The molecule has 0 saturated heterocycles. The fourth-order valence-corrected chi connectivity index (χ4v) is 1.58. The maximum absolute atomic E-state index is 8.70. The second-order valence-electron chi connectivity index (χ2n) is 3.39. The molecule has 16 heavy (non-hydrogen) atoms. The maximum atomic E-state index is 8.70. The molecular formula is C11H11ClN2OS. The largest absolute Gasteiger partial charge is 0.468 e. The highest BCUT2D eigenvalue weighted by molar-refractivity contribution is 7.80. The van der Waals surface area contributed by atoms with Crippen LogP contribution in [-0.2, 0) is 4.74 Å². The number of rotatable bonds is 2. The molecular weight excluding hydrogens is 244 g/mol. The molecule has 5 heteroatoms. The highest BCUT2D eigenvalue weighted by Crippen LogP contribution is 2.20. The van der Waals surface area contributed by atoms with Crippen LogP contribution in [0.15, 0.2) is 18.2 Å². The topological polar surface area (TPSA) is 45.0 Å². The Morgan fingerprint density at radius 3 is 2.75 bits per heavy atom. The molecule has 1 rings (SSSR count). The van der Waals surface area contributed by atoms with Gasteiger partial charge in [0.2, 0.25) is 0 Å². The van der Waals surface area contributed by atoms with Crippen LogP contribution in [0.5, 0.6) is 0 Å². The number of ether oxygens (including phenoxy) is 1. The second kappa shape index (κ2) is 5.69. The Kier molecular flexibility index (Phi) is 4.53. The van der Waals surface area contributed by atoms with Gasteiger partial charge in [-0.2, -0.15) is 5.26 Å². The van der Waals surface area contributed by atoms with Crippen molar-refractivity contribution in [2.24, 2.45) is 0 Å². The number of hydrogen-bond donors (Lipinski definition) is 1. The van der Waals surface area contributed by atoms with Gasteiger partial charge in [-0.25, -0.2) is 0 Å². The van der Waals surface area contributed by atoms with Crippen LogP contribution in [0.3, 0.4) is 0 Å². The van der Waals surface area contributed by atoms with Crippen molar-refractivity contribution in [3.8, 4) is 6.07 Å². The number of nitrogens with one attached hydrogen (secondary N) is 1. The van der Waals surface area contributed by atoms with Gasteiger partial charge < -0.3 is 10.1 Å². The Balaban J connectivity index is 2.73. The Morgan fingerprint density at radius 2 is 2.25 bits per heavy atom. The predicted octanol–water partition coefficient (Wildman–Crippen LogP) is 3.33. The number of hydrogen-bond acceptors (Lipinski definition) is 3. The van der Waals surface area contributed by atoms with E-state index in [-0.39, 0.29) is 11.3 Å². The lowest BCUT2D eigenvalue weighted by Gasteiger charge is -2.12. The van der Waals surface area contributed by atoms with E-state index in [1.807, 2.05) is 19.9 Å². The lowest BCUT2D eigenvalue weighted by molar-refractivity contribution is 0.235. The standard InChI is InChI=1S/C11H11ClN2OS/c1-7(2)15-11(16)14-9-4-3-8(6-13)10(12)5-9/h3-5,7H,1-2H3,(H,14,16). The van der Waals surface area contributed by atoms with Gasteiger partial charge in [0.05, 0.1) is 16.7 Å². The molecule has 0 spiro atoms. The number of halogens is 1. The van der Waals surface area contributed by atoms with Crippen molar-refractivity contribution < 1.29 is 4.74 Å². The number of nitriles is 1. The quantitative estimate of drug-likeness (QED) is 0.823. The minimum Gasteiger partial charge on any atom is -0.468 e. The SMILES string of the molecule is CC(C)OC(=S)Nc1ccc(C#N)c(Cl)c1. The van der Waals surface area contributed by atoms with E-state index in [2.05, 4.69) is 5.32 Å². The fraction of sp³-hybridized carbons (Fsp3) is 0.273. The van der Waals surface area contributed by atoms with Gasteiger partial charge in [-0.1, -0.05) is 11.6 Å². The van der Waals surface area contributed by atoms with Crippen LogP contribution in [0.25, 0.3) is 0 Å². The van der Waals surface area contributed by atoms with E-state index < -0.39 is 0 Å². The lowest BCUT2D eigenvalue weighted by atomic mass is 10.2. The summed E-state index contributed by atoms with van der Waals surface area (Å²) in [5.41, 5.74) is 1.14. The lowest BCUT2D eigenvalue weighted by Crippen LogP contribution is -2.17. The minimum absolute atomic E-state index is 0.0221. The minimum atomic E-state index is 0.0221. The first-order chi connectivity index (χ1) is 7.52. The Bertz CT molecular complexity index is 440. The number of benzene rings is 1. The summed E-state index contributed by atoms with van der Waals surface area (Å²) in [4.78, 5) is 0. The van der Waals surface area contributed by atoms with Crippen LogP contribution in [0, 0.1) is 11.3 Å². The van der Waals surface area contributed by atoms with E-state index in [1.54, 1.807) is 18.2 Å². The average molecular weight is 255 g/mol. The Morgan fingerprint density at radius 1 is 1.56 bits per heavy atom. The van der Waals surface area contributed by atoms with Crippen molar-refractivity contribution in [3.63, 3.8) is 0 Å². The van der Waals surface area contributed by atoms with Gasteiger partial charge in [-0.3, -0.25) is 0 Å². The number of anilines is 1. The zero-order valence-corrected chi connectivity index (χ0v) is 10.5. The second-order valence-corrected chi connectivity index (χ2v) is 4.16. The van der Waals surface area contributed by atoms with Gasteiger partial charge in [0.1, 0.15) is 6.07 Å². The first kappa shape index (κ1) is 12.8. The summed E-state index contributed by atoms with van der Waals surface area (Å²) in [7, 11) is 0. The molecule has 1 aromatic carbocycles. The van der Waals surface area contributed by atoms with E-state index in [1.165, 1.54) is 0 Å². The van der Waals surface area contributed by atoms with Crippen LogP contribution in [-0.4, -0.2) is 11.3 Å². The Labute approximate surface area is 105 Å². The van der Waals surface area contributed by atoms with E-state index in [0.717, 1.165) is 0 Å². The van der Waals surface area contributed by atoms with E-state index in [9.17, 15) is 0 Å². The summed E-state index contributed by atoms with van der Waals surface area (Å²) < 4.78 is 5.26. The molecule has 0 saturated carbocycles. The van der Waals surface area contributed by atoms with E-state index in [4.69, 9.17) is 33.8 Å². The molecule has 1 aromatic rings. The molecule has 0 heterocycles. The predicted molar refractivity (Wildman–Crippen MR) is 68.6 cm³/mol. The maximum Gasteiger partial charge on any atom is 0.261 e. The molecule has 3 nitrogen and oxygen atoms in total. The third-order valence-electron chi connectivity index (χ3n) is 1.68. The summed E-state index contributed by atoms with van der Waals surface area (Å²) in [6.45, 7) is 3.78. The van der Waals surface area contributed by atoms with Crippen LogP contribution in [0.2, 0.25) is 5.02 Å². The molecule has 0 aromatic heterocycles. The first-order valence-corrected chi connectivity index (χ1v) is 5.49. The van der Waals surface area contributed by atoms with Crippen molar-refractivity contribution in [2.45, 2.75) is 20.0 Å². The van der Waals surface area contributed by atoms with Crippen LogP contribution in [0.1, 0.15) is 19.4 Å². The molecule has 1 N–H and O–H groups in total. The fourth-order valence-electron chi connectivity index (χ4n) is 1.04. The van der Waals surface area contributed by atoms with Gasteiger partial charge in [-0.15, -0.1) is 0 Å². The van der Waals surface area contributed by atoms with Crippen LogP contribution < -0.4 is 5.32 Å². The van der Waals surface area contributed by atoms with Gasteiger partial charge in [0, 0.05) is 5.69 Å². The van der Waals surface area contributed by atoms with Crippen LogP contribution in [0.4, 0.5) is 5.69 Å². The molecule has 0 unspecified atom stereocenters. The van der Waals surface area contributed by atoms with Crippen molar-refractivity contribution in [2.75, 3.05) is 5.32 Å². The summed E-state index contributed by atoms with van der Waals surface area (Å²) in [6, 6.07) is 6.97. The smallest absolute Gasteiger partial charge is 0.261 e. The third-order valence-corrected chi connectivity index (χ3v) is 2.19. The third kappa shape index (κ3) is 3.69. The van der Waals surface area contributed by atoms with Gasteiger partial charge in [-0.05, 0) is 44.3 Å². The molecule has 0 atom stereocenters. The normalized spacial score (nSPS) is 9.69.